The fourth-order valence-electron chi connectivity index (χ4n) is 2.39. The van der Waals surface area contributed by atoms with Crippen molar-refractivity contribution < 1.29 is 0 Å². The Labute approximate surface area is 133 Å². The average molecular weight is 302 g/mol. The minimum atomic E-state index is 0.994. The first kappa shape index (κ1) is 13.3. The minimum absolute atomic E-state index is 0.994. The highest BCUT2D eigenvalue weighted by molar-refractivity contribution is 5.64. The van der Waals surface area contributed by atoms with Gasteiger partial charge in [0.1, 0.15) is 12.7 Å². The van der Waals surface area contributed by atoms with E-state index in [0.29, 0.717) is 0 Å². The van der Waals surface area contributed by atoms with Crippen LogP contribution in [0.4, 0.5) is 11.4 Å². The van der Waals surface area contributed by atoms with E-state index in [1.54, 1.807) is 18.9 Å². The fourth-order valence-corrected chi connectivity index (χ4v) is 2.39. The predicted octanol–water partition coefficient (Wildman–Crippen LogP) is 3.20. The van der Waals surface area contributed by atoms with Gasteiger partial charge in [-0.2, -0.15) is 5.10 Å². The molecule has 23 heavy (non-hydrogen) atoms. The zero-order valence-corrected chi connectivity index (χ0v) is 12.2. The summed E-state index contributed by atoms with van der Waals surface area (Å²) in [6, 6.07) is 18.1. The van der Waals surface area contributed by atoms with Crippen molar-refractivity contribution in [1.29, 1.82) is 0 Å². The number of nitrogens with zero attached hydrogens (tertiary/aromatic N) is 5. The Morgan fingerprint density at radius 2 is 1.48 bits per heavy atom. The van der Waals surface area contributed by atoms with Gasteiger partial charge in [-0.15, -0.1) is 10.2 Å². The third-order valence-corrected chi connectivity index (χ3v) is 3.47. The highest BCUT2D eigenvalue weighted by Crippen LogP contribution is 2.21. The largest absolute Gasteiger partial charge is 0.355 e. The van der Waals surface area contributed by atoms with Gasteiger partial charge in [-0.25, -0.2) is 4.68 Å². The first-order valence-corrected chi connectivity index (χ1v) is 7.21. The second-order valence-corrected chi connectivity index (χ2v) is 5.05. The van der Waals surface area contributed by atoms with E-state index in [-0.39, 0.29) is 0 Å². The standard InChI is InChI=1S/C17H14N6/c1-4-14(10-16(6-1)22-12-18-19-13-22)21-15-5-2-7-17(11-15)23-9-3-8-20-23/h1-13,21H. The summed E-state index contributed by atoms with van der Waals surface area (Å²) in [5.41, 5.74) is 4.01. The van der Waals surface area contributed by atoms with Crippen molar-refractivity contribution in [3.63, 3.8) is 0 Å². The van der Waals surface area contributed by atoms with E-state index < -0.39 is 0 Å². The summed E-state index contributed by atoms with van der Waals surface area (Å²) in [4.78, 5) is 0. The molecule has 0 aliphatic heterocycles. The molecule has 2 aromatic heterocycles. The van der Waals surface area contributed by atoms with E-state index in [1.165, 1.54) is 0 Å². The molecule has 6 heteroatoms. The van der Waals surface area contributed by atoms with Gasteiger partial charge >= 0.3 is 0 Å². The van der Waals surface area contributed by atoms with Crippen LogP contribution in [-0.4, -0.2) is 24.5 Å². The van der Waals surface area contributed by atoms with Crippen molar-refractivity contribution in [2.75, 3.05) is 5.32 Å². The molecule has 4 aromatic rings. The summed E-state index contributed by atoms with van der Waals surface area (Å²) in [6.45, 7) is 0. The summed E-state index contributed by atoms with van der Waals surface area (Å²) < 4.78 is 3.70. The van der Waals surface area contributed by atoms with Crippen LogP contribution in [0.15, 0.2) is 79.6 Å². The van der Waals surface area contributed by atoms with E-state index >= 15 is 0 Å². The summed E-state index contributed by atoms with van der Waals surface area (Å²) >= 11 is 0. The summed E-state index contributed by atoms with van der Waals surface area (Å²) in [5, 5.41) is 15.3. The van der Waals surface area contributed by atoms with Crippen LogP contribution < -0.4 is 5.32 Å². The Morgan fingerprint density at radius 3 is 2.17 bits per heavy atom. The molecule has 0 atom stereocenters. The average Bonchev–Trinajstić information content (AvgIpc) is 3.29. The van der Waals surface area contributed by atoms with Gasteiger partial charge < -0.3 is 5.32 Å². The van der Waals surface area contributed by atoms with E-state index in [1.807, 2.05) is 64.0 Å². The second-order valence-electron chi connectivity index (χ2n) is 5.05. The maximum absolute atomic E-state index is 4.25. The normalized spacial score (nSPS) is 10.6. The fraction of sp³-hybridized carbons (Fsp3) is 0. The lowest BCUT2D eigenvalue weighted by Gasteiger charge is -2.10. The molecule has 1 N–H and O–H groups in total. The predicted molar refractivity (Wildman–Crippen MR) is 88.2 cm³/mol. The van der Waals surface area contributed by atoms with E-state index in [0.717, 1.165) is 22.7 Å². The Hall–Kier alpha value is -3.41. The van der Waals surface area contributed by atoms with Gasteiger partial charge in [0.05, 0.1) is 11.4 Å². The maximum Gasteiger partial charge on any atom is 0.123 e. The van der Waals surface area contributed by atoms with Crippen molar-refractivity contribution in [2.45, 2.75) is 0 Å². The number of benzene rings is 2. The number of aromatic nitrogens is 5. The first-order chi connectivity index (χ1) is 11.4. The quantitative estimate of drug-likeness (QED) is 0.629. The summed E-state index contributed by atoms with van der Waals surface area (Å²) in [5.74, 6) is 0. The number of hydrogen-bond donors (Lipinski definition) is 1. The number of anilines is 2. The lowest BCUT2D eigenvalue weighted by Crippen LogP contribution is -1.97. The molecule has 0 unspecified atom stereocenters. The van der Waals surface area contributed by atoms with Crippen LogP contribution in [0.5, 0.6) is 0 Å². The molecule has 0 aliphatic carbocycles. The third kappa shape index (κ3) is 2.82. The molecular weight excluding hydrogens is 288 g/mol. The van der Waals surface area contributed by atoms with Gasteiger partial charge in [0.2, 0.25) is 0 Å². The molecule has 0 aliphatic rings. The van der Waals surface area contributed by atoms with Crippen LogP contribution in [0.1, 0.15) is 0 Å². The smallest absolute Gasteiger partial charge is 0.123 e. The first-order valence-electron chi connectivity index (χ1n) is 7.21. The minimum Gasteiger partial charge on any atom is -0.355 e. The topological polar surface area (TPSA) is 60.6 Å². The van der Waals surface area contributed by atoms with Gasteiger partial charge in [0.15, 0.2) is 0 Å². The molecule has 4 rings (SSSR count). The Bertz CT molecular complexity index is 821. The van der Waals surface area contributed by atoms with Crippen molar-refractivity contribution >= 4 is 11.4 Å². The van der Waals surface area contributed by atoms with Crippen LogP contribution >= 0.6 is 0 Å². The van der Waals surface area contributed by atoms with Gasteiger partial charge in [-0.05, 0) is 42.5 Å². The number of hydrogen-bond acceptors (Lipinski definition) is 4. The Kier molecular flexibility index (Phi) is 3.32. The molecule has 2 heterocycles. The molecule has 0 saturated carbocycles. The van der Waals surface area contributed by atoms with Crippen LogP contribution in [0.3, 0.4) is 0 Å². The molecular formula is C17H14N6. The highest BCUT2D eigenvalue weighted by Gasteiger charge is 2.01. The van der Waals surface area contributed by atoms with E-state index in [2.05, 4.69) is 26.7 Å². The maximum atomic E-state index is 4.25. The molecule has 0 spiro atoms. The molecule has 112 valence electrons. The van der Waals surface area contributed by atoms with Crippen molar-refractivity contribution in [1.82, 2.24) is 24.5 Å². The molecule has 0 fully saturated rings. The zero-order chi connectivity index (χ0) is 15.5. The Morgan fingerprint density at radius 1 is 0.783 bits per heavy atom. The monoisotopic (exact) mass is 302 g/mol. The van der Waals surface area contributed by atoms with Crippen LogP contribution in [-0.2, 0) is 0 Å². The molecule has 0 radical (unpaired) electrons. The molecule has 0 saturated heterocycles. The lowest BCUT2D eigenvalue weighted by atomic mass is 10.2. The van der Waals surface area contributed by atoms with Crippen molar-refractivity contribution in [2.24, 2.45) is 0 Å². The number of nitrogens with one attached hydrogen (secondary N) is 1. The van der Waals surface area contributed by atoms with Crippen LogP contribution in [0.25, 0.3) is 11.4 Å². The molecule has 0 amide bonds. The SMILES string of the molecule is c1cc(Nc2cccc(-n3cccn3)c2)cc(-n2cnnc2)c1. The summed E-state index contributed by atoms with van der Waals surface area (Å²) in [7, 11) is 0. The van der Waals surface area contributed by atoms with Gasteiger partial charge in [-0.3, -0.25) is 4.57 Å². The lowest BCUT2D eigenvalue weighted by molar-refractivity contribution is 0.881. The second kappa shape index (κ2) is 5.76. The summed E-state index contributed by atoms with van der Waals surface area (Å²) in [6.07, 6.45) is 7.05. The van der Waals surface area contributed by atoms with E-state index in [9.17, 15) is 0 Å². The van der Waals surface area contributed by atoms with Crippen LogP contribution in [0.2, 0.25) is 0 Å². The molecule has 2 aromatic carbocycles. The van der Waals surface area contributed by atoms with Gasteiger partial charge in [0.25, 0.3) is 0 Å². The van der Waals surface area contributed by atoms with Gasteiger partial charge in [0, 0.05) is 23.8 Å². The number of rotatable bonds is 4. The van der Waals surface area contributed by atoms with Gasteiger partial charge in [-0.1, -0.05) is 12.1 Å². The highest BCUT2D eigenvalue weighted by atomic mass is 15.3. The third-order valence-electron chi connectivity index (χ3n) is 3.47. The van der Waals surface area contributed by atoms with Crippen molar-refractivity contribution in [3.05, 3.63) is 79.6 Å². The molecule has 0 bridgehead atoms. The van der Waals surface area contributed by atoms with Crippen LogP contribution in [0, 0.1) is 0 Å². The zero-order valence-electron chi connectivity index (χ0n) is 12.2. The molecule has 6 nitrogen and oxygen atoms in total. The van der Waals surface area contributed by atoms with Crippen molar-refractivity contribution in [3.8, 4) is 11.4 Å². The Balaban J connectivity index is 1.61. The van der Waals surface area contributed by atoms with E-state index in [4.69, 9.17) is 0 Å².